The van der Waals surface area contributed by atoms with E-state index in [0.29, 0.717) is 5.92 Å². The van der Waals surface area contributed by atoms with E-state index in [9.17, 15) is 0 Å². The van der Waals surface area contributed by atoms with Crippen LogP contribution in [0.1, 0.15) is 68.5 Å². The first-order valence-electron chi connectivity index (χ1n) is 18.4. The van der Waals surface area contributed by atoms with Crippen LogP contribution in [0.2, 0.25) is 0 Å². The molecule has 2 heterocycles. The van der Waals surface area contributed by atoms with Crippen LogP contribution in [0, 0.1) is 5.41 Å². The van der Waals surface area contributed by atoms with E-state index in [1.807, 2.05) is 0 Å². The van der Waals surface area contributed by atoms with Crippen LogP contribution in [0.25, 0.3) is 66.9 Å². The molecule has 0 aliphatic heterocycles. The van der Waals surface area contributed by atoms with Crippen LogP contribution < -0.4 is 0 Å². The Bertz CT molecular complexity index is 2710. The number of rotatable bonds is 4. The van der Waals surface area contributed by atoms with Gasteiger partial charge in [-0.3, -0.25) is 0 Å². The quantitative estimate of drug-likeness (QED) is 0.178. The van der Waals surface area contributed by atoms with Crippen LogP contribution in [0.4, 0.5) is 0 Å². The lowest BCUT2D eigenvalue weighted by Gasteiger charge is -2.42. The summed E-state index contributed by atoms with van der Waals surface area (Å²) >= 11 is 0. The van der Waals surface area contributed by atoms with Gasteiger partial charge >= 0.3 is 0 Å². The Kier molecular flexibility index (Phi) is 6.35. The van der Waals surface area contributed by atoms with E-state index >= 15 is 0 Å². The van der Waals surface area contributed by atoms with Crippen LogP contribution in [0.3, 0.4) is 0 Å². The molecule has 10 rings (SSSR count). The average Bonchev–Trinajstić information content (AvgIpc) is 3.71. The smallest absolute Gasteiger partial charge is 0.0541 e. The van der Waals surface area contributed by atoms with Gasteiger partial charge in [0.25, 0.3) is 0 Å². The number of benzene rings is 6. The fourth-order valence-corrected chi connectivity index (χ4v) is 9.42. The maximum atomic E-state index is 2.53. The number of hydrogen-bond donors (Lipinski definition) is 0. The first-order chi connectivity index (χ1) is 24.7. The van der Waals surface area contributed by atoms with Crippen molar-refractivity contribution in [2.45, 2.75) is 52.4 Å². The molecule has 1 unspecified atom stereocenters. The lowest BCUT2D eigenvalue weighted by Crippen LogP contribution is -2.38. The van der Waals surface area contributed by atoms with Gasteiger partial charge in [-0.05, 0) is 112 Å². The zero-order chi connectivity index (χ0) is 34.6. The number of hydrogen-bond acceptors (Lipinski definition) is 0. The Morgan fingerprint density at radius 3 is 2.00 bits per heavy atom. The van der Waals surface area contributed by atoms with Crippen LogP contribution in [0.5, 0.6) is 0 Å². The van der Waals surface area contributed by atoms with Crippen molar-refractivity contribution in [3.05, 3.63) is 167 Å². The highest BCUT2D eigenvalue weighted by Crippen LogP contribution is 2.62. The molecule has 2 nitrogen and oxygen atoms in total. The SMILES string of the molecule is CC(C)c1ccc2c(c1)c1c(n2-c2ccc(-c3ccc4c(c3)c3ccccc3n4-c3ccccc3)cc2)C=C2c3ccccc3C(C)(C)C2(C)C1. The molecule has 2 heteroatoms. The van der Waals surface area contributed by atoms with E-state index in [1.54, 1.807) is 0 Å². The maximum Gasteiger partial charge on any atom is 0.0541 e. The Morgan fingerprint density at radius 2 is 1.20 bits per heavy atom. The van der Waals surface area contributed by atoms with Crippen molar-refractivity contribution < 1.29 is 0 Å². The molecule has 2 aromatic heterocycles. The van der Waals surface area contributed by atoms with E-state index in [2.05, 4.69) is 189 Å². The van der Waals surface area contributed by atoms with Gasteiger partial charge in [-0.15, -0.1) is 0 Å². The van der Waals surface area contributed by atoms with Crippen molar-refractivity contribution in [2.75, 3.05) is 0 Å². The molecule has 248 valence electrons. The number of para-hydroxylation sites is 2. The number of allylic oxidation sites excluding steroid dienone is 1. The molecule has 0 bridgehead atoms. The largest absolute Gasteiger partial charge is 0.310 e. The molecule has 0 saturated carbocycles. The second kappa shape index (κ2) is 10.7. The summed E-state index contributed by atoms with van der Waals surface area (Å²) in [6, 6.07) is 51.9. The summed E-state index contributed by atoms with van der Waals surface area (Å²) in [5.41, 5.74) is 17.2. The number of aromatic nitrogens is 2. The highest BCUT2D eigenvalue weighted by molar-refractivity contribution is 6.10. The van der Waals surface area contributed by atoms with Gasteiger partial charge in [0.1, 0.15) is 0 Å². The fraction of sp³-hybridized carbons (Fsp3) is 0.184. The molecular weight excluding hydrogens is 617 g/mol. The van der Waals surface area contributed by atoms with E-state index in [-0.39, 0.29) is 10.8 Å². The predicted molar refractivity (Wildman–Crippen MR) is 216 cm³/mol. The van der Waals surface area contributed by atoms with Crippen molar-refractivity contribution in [3.63, 3.8) is 0 Å². The van der Waals surface area contributed by atoms with E-state index in [4.69, 9.17) is 0 Å². The molecule has 6 aromatic carbocycles. The van der Waals surface area contributed by atoms with Gasteiger partial charge in [0, 0.05) is 38.4 Å². The molecule has 0 spiro atoms. The summed E-state index contributed by atoms with van der Waals surface area (Å²) in [5, 5.41) is 3.94. The van der Waals surface area contributed by atoms with Gasteiger partial charge in [0.05, 0.1) is 22.2 Å². The Balaban J connectivity index is 1.13. The van der Waals surface area contributed by atoms with Crippen LogP contribution in [0.15, 0.2) is 140 Å². The molecule has 2 aliphatic rings. The summed E-state index contributed by atoms with van der Waals surface area (Å²) in [6.45, 7) is 12.0. The standard InChI is InChI=1S/C49H42N2/c1-31(2)33-21-25-46-40(27-33)41-30-49(5)43(38-16-9-11-17-42(38)48(49,3)4)29-47(41)51(46)36-23-19-32(20-24-36)34-22-26-45-39(28-34)37-15-10-12-18-44(37)50(45)35-13-7-6-8-14-35/h6-29,31H,30H2,1-5H3. The zero-order valence-electron chi connectivity index (χ0n) is 30.0. The van der Waals surface area contributed by atoms with E-state index in [0.717, 1.165) is 6.42 Å². The second-order valence-electron chi connectivity index (χ2n) is 15.8. The molecular formula is C49H42N2. The minimum absolute atomic E-state index is 0.0166. The third kappa shape index (κ3) is 4.17. The number of fused-ring (bicyclic) bond motifs is 9. The van der Waals surface area contributed by atoms with Gasteiger partial charge in [0.15, 0.2) is 0 Å². The molecule has 0 amide bonds. The van der Waals surface area contributed by atoms with Gasteiger partial charge in [0.2, 0.25) is 0 Å². The maximum absolute atomic E-state index is 2.53. The van der Waals surface area contributed by atoms with Crippen LogP contribution in [-0.4, -0.2) is 9.13 Å². The summed E-state index contributed by atoms with van der Waals surface area (Å²) in [5.74, 6) is 0.476. The van der Waals surface area contributed by atoms with Crippen LogP contribution >= 0.6 is 0 Å². The Morgan fingerprint density at radius 1 is 0.549 bits per heavy atom. The third-order valence-corrected chi connectivity index (χ3v) is 12.6. The normalized spacial score (nSPS) is 17.6. The Hall–Kier alpha value is -5.60. The predicted octanol–water partition coefficient (Wildman–Crippen LogP) is 12.9. The molecule has 51 heavy (non-hydrogen) atoms. The molecule has 8 aromatic rings. The lowest BCUT2D eigenvalue weighted by atomic mass is 9.61. The van der Waals surface area contributed by atoms with Crippen molar-refractivity contribution in [3.8, 4) is 22.5 Å². The van der Waals surface area contributed by atoms with E-state index < -0.39 is 0 Å². The minimum atomic E-state index is 0.0166. The topological polar surface area (TPSA) is 9.86 Å². The van der Waals surface area contributed by atoms with Crippen molar-refractivity contribution in [1.29, 1.82) is 0 Å². The van der Waals surface area contributed by atoms with Gasteiger partial charge in [-0.1, -0.05) is 120 Å². The number of nitrogens with zero attached hydrogens (tertiary/aromatic N) is 2. The van der Waals surface area contributed by atoms with Gasteiger partial charge < -0.3 is 9.13 Å². The molecule has 0 saturated heterocycles. The summed E-state index contributed by atoms with van der Waals surface area (Å²) in [6.07, 6.45) is 3.56. The molecule has 0 N–H and O–H groups in total. The fourth-order valence-electron chi connectivity index (χ4n) is 9.42. The minimum Gasteiger partial charge on any atom is -0.310 e. The molecule has 0 radical (unpaired) electrons. The van der Waals surface area contributed by atoms with Gasteiger partial charge in [-0.25, -0.2) is 0 Å². The van der Waals surface area contributed by atoms with Crippen molar-refractivity contribution in [2.24, 2.45) is 5.41 Å². The lowest BCUT2D eigenvalue weighted by molar-refractivity contribution is 0.267. The third-order valence-electron chi connectivity index (χ3n) is 12.6. The first-order valence-corrected chi connectivity index (χ1v) is 18.4. The summed E-state index contributed by atoms with van der Waals surface area (Å²) < 4.78 is 4.90. The summed E-state index contributed by atoms with van der Waals surface area (Å²) in [7, 11) is 0. The van der Waals surface area contributed by atoms with Crippen LogP contribution in [-0.2, 0) is 11.8 Å². The monoisotopic (exact) mass is 658 g/mol. The zero-order valence-corrected chi connectivity index (χ0v) is 30.0. The van der Waals surface area contributed by atoms with Gasteiger partial charge in [-0.2, -0.15) is 0 Å². The second-order valence-corrected chi connectivity index (χ2v) is 15.8. The Labute approximate surface area is 300 Å². The molecule has 0 fully saturated rings. The van der Waals surface area contributed by atoms with E-state index in [1.165, 1.54) is 88.7 Å². The highest BCUT2D eigenvalue weighted by Gasteiger charge is 2.53. The highest BCUT2D eigenvalue weighted by atomic mass is 15.0. The van der Waals surface area contributed by atoms with Crippen molar-refractivity contribution >= 4 is 44.4 Å². The first kappa shape index (κ1) is 30.2. The summed E-state index contributed by atoms with van der Waals surface area (Å²) in [4.78, 5) is 0. The van der Waals surface area contributed by atoms with Crippen molar-refractivity contribution in [1.82, 2.24) is 9.13 Å². The molecule has 2 aliphatic carbocycles. The molecule has 1 atom stereocenters. The average molecular weight is 659 g/mol.